The molecule has 2 N–H and O–H groups in total. The molecule has 2 heterocycles. The van der Waals surface area contributed by atoms with E-state index >= 15 is 0 Å². The summed E-state index contributed by atoms with van der Waals surface area (Å²) in [6.07, 6.45) is -1.33. The highest BCUT2D eigenvalue weighted by Crippen LogP contribution is 2.45. The molecule has 27 heavy (non-hydrogen) atoms. The minimum Gasteiger partial charge on any atom is -0.453 e. The quantitative estimate of drug-likeness (QED) is 0.803. The van der Waals surface area contributed by atoms with E-state index in [4.69, 9.17) is 9.47 Å². The SMILES string of the molecule is Cc1[nH]c(=O)c(NC(=O)OCc2ccccc2)c2c1C(C(C)(C)C)OC2=O. The first-order valence-electron chi connectivity index (χ1n) is 8.64. The van der Waals surface area contributed by atoms with Crippen LogP contribution in [0, 0.1) is 12.3 Å². The Hall–Kier alpha value is -3.09. The third-order valence-electron chi connectivity index (χ3n) is 4.37. The Bertz CT molecular complexity index is 941. The lowest BCUT2D eigenvalue weighted by Crippen LogP contribution is -2.25. The number of hydrogen-bond acceptors (Lipinski definition) is 5. The number of hydrogen-bond donors (Lipinski definition) is 2. The maximum Gasteiger partial charge on any atom is 0.412 e. The number of aromatic nitrogens is 1. The van der Waals surface area contributed by atoms with Crippen LogP contribution in [-0.2, 0) is 16.1 Å². The summed E-state index contributed by atoms with van der Waals surface area (Å²) in [5.74, 6) is -0.627. The Morgan fingerprint density at radius 3 is 2.52 bits per heavy atom. The molecule has 0 radical (unpaired) electrons. The molecule has 0 bridgehead atoms. The summed E-state index contributed by atoms with van der Waals surface area (Å²) in [4.78, 5) is 39.7. The van der Waals surface area contributed by atoms with Crippen molar-refractivity contribution in [3.63, 3.8) is 0 Å². The van der Waals surface area contributed by atoms with Gasteiger partial charge in [0.1, 0.15) is 18.4 Å². The highest BCUT2D eigenvalue weighted by Gasteiger charge is 2.43. The number of cyclic esters (lactones) is 1. The summed E-state index contributed by atoms with van der Waals surface area (Å²) in [6, 6.07) is 9.15. The monoisotopic (exact) mass is 370 g/mol. The molecule has 1 unspecified atom stereocenters. The van der Waals surface area contributed by atoms with Gasteiger partial charge in [0, 0.05) is 16.7 Å². The summed E-state index contributed by atoms with van der Waals surface area (Å²) in [6.45, 7) is 7.57. The molecule has 0 saturated heterocycles. The molecule has 1 aromatic carbocycles. The molecule has 7 nitrogen and oxygen atoms in total. The minimum absolute atomic E-state index is 0.0493. The molecule has 3 rings (SSSR count). The number of ether oxygens (including phenoxy) is 2. The van der Waals surface area contributed by atoms with Gasteiger partial charge in [-0.15, -0.1) is 0 Å². The average molecular weight is 370 g/mol. The van der Waals surface area contributed by atoms with Crippen molar-refractivity contribution in [2.75, 3.05) is 5.32 Å². The third-order valence-corrected chi connectivity index (χ3v) is 4.37. The van der Waals surface area contributed by atoms with Crippen LogP contribution in [0.2, 0.25) is 0 Å². The lowest BCUT2D eigenvalue weighted by Gasteiger charge is -2.26. The summed E-state index contributed by atoms with van der Waals surface area (Å²) >= 11 is 0. The largest absolute Gasteiger partial charge is 0.453 e. The number of H-pyrrole nitrogens is 1. The smallest absolute Gasteiger partial charge is 0.412 e. The second-order valence-electron chi connectivity index (χ2n) is 7.58. The van der Waals surface area contributed by atoms with Gasteiger partial charge in [-0.3, -0.25) is 10.1 Å². The Kier molecular flexibility index (Phi) is 4.78. The average Bonchev–Trinajstić information content (AvgIpc) is 2.96. The van der Waals surface area contributed by atoms with Crippen LogP contribution >= 0.6 is 0 Å². The van der Waals surface area contributed by atoms with E-state index in [1.54, 1.807) is 6.92 Å². The standard InChI is InChI=1S/C20H22N2O5/c1-11-13-14(18(24)27-16(13)20(2,3)4)15(17(23)21-11)22-19(25)26-10-12-8-6-5-7-9-12/h5-9,16H,10H2,1-4H3,(H,21,23)(H,22,25). The number of carbonyl (C=O) groups excluding carboxylic acids is 2. The Balaban J connectivity index is 1.88. The fourth-order valence-electron chi connectivity index (χ4n) is 3.09. The molecule has 2 aromatic rings. The summed E-state index contributed by atoms with van der Waals surface area (Å²) < 4.78 is 10.6. The summed E-state index contributed by atoms with van der Waals surface area (Å²) in [7, 11) is 0. The lowest BCUT2D eigenvalue weighted by molar-refractivity contribution is 0.00759. The Morgan fingerprint density at radius 1 is 1.22 bits per heavy atom. The van der Waals surface area contributed by atoms with Gasteiger partial charge in [-0.25, -0.2) is 9.59 Å². The molecular formula is C20H22N2O5. The number of nitrogens with one attached hydrogen (secondary N) is 2. The van der Waals surface area contributed by atoms with Crippen molar-refractivity contribution in [3.8, 4) is 0 Å². The molecule has 0 saturated carbocycles. The molecule has 1 amide bonds. The number of fused-ring (bicyclic) bond motifs is 1. The number of anilines is 1. The van der Waals surface area contributed by atoms with Crippen molar-refractivity contribution in [2.45, 2.75) is 40.4 Å². The molecule has 142 valence electrons. The van der Waals surface area contributed by atoms with Crippen LogP contribution in [0.1, 0.15) is 54.1 Å². The highest BCUT2D eigenvalue weighted by molar-refractivity contribution is 6.03. The lowest BCUT2D eigenvalue weighted by atomic mass is 9.83. The number of pyridine rings is 1. The van der Waals surface area contributed by atoms with Crippen molar-refractivity contribution >= 4 is 17.7 Å². The fourth-order valence-corrected chi connectivity index (χ4v) is 3.09. The molecule has 7 heteroatoms. The zero-order valence-corrected chi connectivity index (χ0v) is 15.7. The topological polar surface area (TPSA) is 97.5 Å². The van der Waals surface area contributed by atoms with Crippen LogP contribution in [0.3, 0.4) is 0 Å². The predicted octanol–water partition coefficient (Wildman–Crippen LogP) is 3.69. The molecule has 1 aliphatic heterocycles. The van der Waals surface area contributed by atoms with Gasteiger partial charge in [-0.05, 0) is 12.5 Å². The number of benzene rings is 1. The first-order valence-corrected chi connectivity index (χ1v) is 8.64. The number of aromatic amines is 1. The van der Waals surface area contributed by atoms with Gasteiger partial charge >= 0.3 is 12.1 Å². The van der Waals surface area contributed by atoms with Crippen LogP contribution < -0.4 is 10.9 Å². The van der Waals surface area contributed by atoms with E-state index < -0.39 is 23.7 Å². The molecule has 0 fully saturated rings. The van der Waals surface area contributed by atoms with Crippen molar-refractivity contribution < 1.29 is 19.1 Å². The van der Waals surface area contributed by atoms with Crippen LogP contribution in [0.4, 0.5) is 10.5 Å². The van der Waals surface area contributed by atoms with Gasteiger partial charge in [0.05, 0.1) is 5.56 Å². The maximum absolute atomic E-state index is 12.4. The van der Waals surface area contributed by atoms with E-state index in [0.717, 1.165) is 5.56 Å². The van der Waals surface area contributed by atoms with E-state index in [1.807, 2.05) is 51.1 Å². The number of aryl methyl sites for hydroxylation is 1. The predicted molar refractivity (Wildman–Crippen MR) is 99.7 cm³/mol. The minimum atomic E-state index is -0.817. The normalized spacial score (nSPS) is 15.9. The van der Waals surface area contributed by atoms with Gasteiger partial charge in [-0.1, -0.05) is 51.1 Å². The van der Waals surface area contributed by atoms with Crippen molar-refractivity contribution in [2.24, 2.45) is 5.41 Å². The molecular weight excluding hydrogens is 348 g/mol. The van der Waals surface area contributed by atoms with E-state index in [-0.39, 0.29) is 23.3 Å². The van der Waals surface area contributed by atoms with Crippen LogP contribution in [0.15, 0.2) is 35.1 Å². The molecule has 0 aliphatic carbocycles. The van der Waals surface area contributed by atoms with Crippen molar-refractivity contribution in [3.05, 3.63) is 63.1 Å². The van der Waals surface area contributed by atoms with Crippen LogP contribution in [-0.4, -0.2) is 17.0 Å². The second kappa shape index (κ2) is 6.90. The molecule has 0 spiro atoms. The first-order chi connectivity index (χ1) is 12.7. The van der Waals surface area contributed by atoms with Gasteiger partial charge in [0.15, 0.2) is 0 Å². The first kappa shape index (κ1) is 18.7. The van der Waals surface area contributed by atoms with Crippen molar-refractivity contribution in [1.82, 2.24) is 4.98 Å². The third kappa shape index (κ3) is 3.72. The van der Waals surface area contributed by atoms with Gasteiger partial charge in [-0.2, -0.15) is 0 Å². The second-order valence-corrected chi connectivity index (χ2v) is 7.58. The molecule has 1 aliphatic rings. The Labute approximate surface area is 156 Å². The summed E-state index contributed by atoms with van der Waals surface area (Å²) in [5.41, 5.74) is 0.944. The number of esters is 1. The number of amides is 1. The van der Waals surface area contributed by atoms with E-state index in [9.17, 15) is 14.4 Å². The number of rotatable bonds is 3. The van der Waals surface area contributed by atoms with Crippen molar-refractivity contribution in [1.29, 1.82) is 0 Å². The van der Waals surface area contributed by atoms with Gasteiger partial charge < -0.3 is 14.5 Å². The maximum atomic E-state index is 12.4. The van der Waals surface area contributed by atoms with Gasteiger partial charge in [0.25, 0.3) is 5.56 Å². The molecule has 1 aromatic heterocycles. The number of carbonyl (C=O) groups is 2. The fraction of sp³-hybridized carbons (Fsp3) is 0.350. The van der Waals surface area contributed by atoms with E-state index in [2.05, 4.69) is 10.3 Å². The zero-order valence-electron chi connectivity index (χ0n) is 15.7. The zero-order chi connectivity index (χ0) is 19.8. The summed E-state index contributed by atoms with van der Waals surface area (Å²) in [5, 5.41) is 2.40. The van der Waals surface area contributed by atoms with E-state index in [1.165, 1.54) is 0 Å². The van der Waals surface area contributed by atoms with Gasteiger partial charge in [0.2, 0.25) is 0 Å². The highest BCUT2D eigenvalue weighted by atomic mass is 16.6. The molecule has 1 atom stereocenters. The Morgan fingerprint density at radius 2 is 1.89 bits per heavy atom. The van der Waals surface area contributed by atoms with Crippen LogP contribution in [0.25, 0.3) is 0 Å². The van der Waals surface area contributed by atoms with Crippen LogP contribution in [0.5, 0.6) is 0 Å². The van der Waals surface area contributed by atoms with E-state index in [0.29, 0.717) is 11.3 Å².